The molecule has 0 atom stereocenters. The molecule has 5 heteroatoms. The first-order chi connectivity index (χ1) is 8.13. The van der Waals surface area contributed by atoms with E-state index in [1.165, 1.54) is 12.1 Å². The number of carbonyl (C=O) groups is 2. The van der Waals surface area contributed by atoms with Gasteiger partial charge in [0.15, 0.2) is 0 Å². The molecule has 0 spiro atoms. The van der Waals surface area contributed by atoms with Crippen LogP contribution in [-0.4, -0.2) is 28.4 Å². The average Bonchev–Trinajstić information content (AvgIpc) is 2.57. The van der Waals surface area contributed by atoms with Gasteiger partial charge in [0.05, 0.1) is 5.69 Å². The molecule has 5 nitrogen and oxygen atoms in total. The number of anilines is 1. The lowest BCUT2D eigenvalue weighted by atomic mass is 10.3. The summed E-state index contributed by atoms with van der Waals surface area (Å²) in [5, 5.41) is 12.3. The molecule has 2 amide bonds. The molecule has 1 aromatic carbocycles. The van der Waals surface area contributed by atoms with Crippen molar-refractivity contribution in [1.29, 1.82) is 0 Å². The van der Waals surface area contributed by atoms with Crippen LogP contribution in [0, 0.1) is 0 Å². The Morgan fingerprint density at radius 3 is 2.59 bits per heavy atom. The summed E-state index contributed by atoms with van der Waals surface area (Å²) in [5.41, 5.74) is 0.580. The van der Waals surface area contributed by atoms with Gasteiger partial charge in [-0.3, -0.25) is 14.5 Å². The maximum Gasteiger partial charge on any atom is 0.277 e. The van der Waals surface area contributed by atoms with Gasteiger partial charge in [-0.1, -0.05) is 12.1 Å². The molecule has 1 aromatic rings. The maximum absolute atomic E-state index is 11.8. The molecule has 1 aliphatic rings. The Kier molecular flexibility index (Phi) is 2.82. The minimum absolute atomic E-state index is 0.0311. The summed E-state index contributed by atoms with van der Waals surface area (Å²) in [5.74, 6) is -0.681. The summed E-state index contributed by atoms with van der Waals surface area (Å²) < 4.78 is 0. The number of likely N-dealkylation sites (N-methyl/N-ethyl adjacent to an activating group) is 1. The summed E-state index contributed by atoms with van der Waals surface area (Å²) >= 11 is 0. The molecule has 0 unspecified atom stereocenters. The van der Waals surface area contributed by atoms with E-state index < -0.39 is 0 Å². The number of nitrogens with zero attached hydrogens (tertiary/aromatic N) is 1. The summed E-state index contributed by atoms with van der Waals surface area (Å²) in [7, 11) is 0. The Balaban J connectivity index is 2.22. The first-order valence-electron chi connectivity index (χ1n) is 5.26. The number of phenolic OH excluding ortho intramolecular Hbond substituents is 1. The second kappa shape index (κ2) is 4.29. The minimum Gasteiger partial charge on any atom is -0.506 e. The van der Waals surface area contributed by atoms with Crippen molar-refractivity contribution in [3.05, 3.63) is 36.0 Å². The number of phenols is 1. The van der Waals surface area contributed by atoms with E-state index in [0.717, 1.165) is 4.90 Å². The van der Waals surface area contributed by atoms with Gasteiger partial charge in [-0.2, -0.15) is 0 Å². The summed E-state index contributed by atoms with van der Waals surface area (Å²) in [6.07, 6.45) is 1.23. The number of benzene rings is 1. The Hall–Kier alpha value is -2.30. The number of rotatable bonds is 3. The lowest BCUT2D eigenvalue weighted by molar-refractivity contribution is -0.136. The van der Waals surface area contributed by atoms with Crippen LogP contribution in [0.25, 0.3) is 0 Å². The van der Waals surface area contributed by atoms with Crippen LogP contribution < -0.4 is 5.32 Å². The van der Waals surface area contributed by atoms with Crippen LogP contribution in [0.5, 0.6) is 5.75 Å². The van der Waals surface area contributed by atoms with Crippen molar-refractivity contribution in [2.24, 2.45) is 0 Å². The standard InChI is InChI=1S/C12H12N2O3/c1-2-14-11(16)7-9(12(14)17)13-8-5-3-4-6-10(8)15/h3-7,13,15H,2H2,1H3. The SMILES string of the molecule is CCN1C(=O)C=C(Nc2ccccc2O)C1=O. The van der Waals surface area contributed by atoms with Crippen LogP contribution in [0.15, 0.2) is 36.0 Å². The molecule has 0 aliphatic carbocycles. The first-order valence-corrected chi connectivity index (χ1v) is 5.26. The van der Waals surface area contributed by atoms with Gasteiger partial charge >= 0.3 is 0 Å². The first kappa shape index (κ1) is 11.2. The zero-order chi connectivity index (χ0) is 12.4. The number of amides is 2. The van der Waals surface area contributed by atoms with E-state index in [9.17, 15) is 14.7 Å². The van der Waals surface area contributed by atoms with Crippen LogP contribution in [0.3, 0.4) is 0 Å². The fourth-order valence-electron chi connectivity index (χ4n) is 1.62. The van der Waals surface area contributed by atoms with Crippen molar-refractivity contribution in [3.8, 4) is 5.75 Å². The number of aromatic hydroxyl groups is 1. The number of carbonyl (C=O) groups excluding carboxylic acids is 2. The summed E-state index contributed by atoms with van der Waals surface area (Å²) in [6.45, 7) is 2.06. The highest BCUT2D eigenvalue weighted by molar-refractivity contribution is 6.17. The number of imide groups is 1. The average molecular weight is 232 g/mol. The topological polar surface area (TPSA) is 69.6 Å². The van der Waals surface area contributed by atoms with E-state index in [1.807, 2.05) is 0 Å². The molecule has 0 saturated heterocycles. The van der Waals surface area contributed by atoms with Crippen molar-refractivity contribution < 1.29 is 14.7 Å². The van der Waals surface area contributed by atoms with Crippen molar-refractivity contribution >= 4 is 17.5 Å². The molecule has 0 saturated carbocycles. The Morgan fingerprint density at radius 2 is 2.00 bits per heavy atom. The Labute approximate surface area is 98.4 Å². The third kappa shape index (κ3) is 1.99. The zero-order valence-corrected chi connectivity index (χ0v) is 9.30. The number of para-hydroxylation sites is 2. The molecule has 2 N–H and O–H groups in total. The third-order valence-corrected chi connectivity index (χ3v) is 2.50. The van der Waals surface area contributed by atoms with Gasteiger partial charge in [0, 0.05) is 12.6 Å². The normalized spacial score (nSPS) is 15.1. The summed E-state index contributed by atoms with van der Waals surface area (Å²) in [4.78, 5) is 24.3. The van der Waals surface area contributed by atoms with Crippen LogP contribution in [0.4, 0.5) is 5.69 Å². The highest BCUT2D eigenvalue weighted by Crippen LogP contribution is 2.25. The van der Waals surface area contributed by atoms with E-state index >= 15 is 0 Å². The van der Waals surface area contributed by atoms with E-state index in [-0.39, 0.29) is 23.3 Å². The molecule has 1 heterocycles. The molecule has 0 fully saturated rings. The van der Waals surface area contributed by atoms with Gasteiger partial charge in [-0.25, -0.2) is 0 Å². The van der Waals surface area contributed by atoms with Gasteiger partial charge < -0.3 is 10.4 Å². The fourth-order valence-corrected chi connectivity index (χ4v) is 1.62. The van der Waals surface area contributed by atoms with E-state index in [1.54, 1.807) is 25.1 Å². The number of hydrogen-bond donors (Lipinski definition) is 2. The van der Waals surface area contributed by atoms with E-state index in [4.69, 9.17) is 0 Å². The van der Waals surface area contributed by atoms with Crippen molar-refractivity contribution in [2.75, 3.05) is 11.9 Å². The van der Waals surface area contributed by atoms with Gasteiger partial charge in [0.1, 0.15) is 11.4 Å². The minimum atomic E-state index is -0.374. The molecule has 0 aromatic heterocycles. The van der Waals surface area contributed by atoms with E-state index in [0.29, 0.717) is 12.2 Å². The van der Waals surface area contributed by atoms with Crippen LogP contribution in [0.1, 0.15) is 6.92 Å². The van der Waals surface area contributed by atoms with E-state index in [2.05, 4.69) is 5.32 Å². The molecule has 1 aliphatic heterocycles. The predicted molar refractivity (Wildman–Crippen MR) is 62.2 cm³/mol. The highest BCUT2D eigenvalue weighted by Gasteiger charge is 2.29. The van der Waals surface area contributed by atoms with Gasteiger partial charge in [0.2, 0.25) is 0 Å². The van der Waals surface area contributed by atoms with Crippen LogP contribution >= 0.6 is 0 Å². The molecule has 0 radical (unpaired) electrons. The number of nitrogens with one attached hydrogen (secondary N) is 1. The third-order valence-electron chi connectivity index (χ3n) is 2.50. The van der Waals surface area contributed by atoms with Crippen LogP contribution in [0.2, 0.25) is 0 Å². The largest absolute Gasteiger partial charge is 0.506 e. The fraction of sp³-hybridized carbons (Fsp3) is 0.167. The highest BCUT2D eigenvalue weighted by atomic mass is 16.3. The smallest absolute Gasteiger partial charge is 0.277 e. The van der Waals surface area contributed by atoms with Gasteiger partial charge in [0.25, 0.3) is 11.8 Å². The zero-order valence-electron chi connectivity index (χ0n) is 9.30. The molecule has 17 heavy (non-hydrogen) atoms. The van der Waals surface area contributed by atoms with Crippen molar-refractivity contribution in [2.45, 2.75) is 6.92 Å². The second-order valence-corrected chi connectivity index (χ2v) is 3.59. The Morgan fingerprint density at radius 1 is 1.29 bits per heavy atom. The monoisotopic (exact) mass is 232 g/mol. The quantitative estimate of drug-likeness (QED) is 0.604. The van der Waals surface area contributed by atoms with Gasteiger partial charge in [-0.15, -0.1) is 0 Å². The molecular formula is C12H12N2O3. The van der Waals surface area contributed by atoms with Crippen LogP contribution in [-0.2, 0) is 9.59 Å². The number of hydrogen-bond acceptors (Lipinski definition) is 4. The molecule has 2 rings (SSSR count). The molecular weight excluding hydrogens is 220 g/mol. The lowest BCUT2D eigenvalue weighted by Gasteiger charge is -2.12. The van der Waals surface area contributed by atoms with Gasteiger partial charge in [-0.05, 0) is 19.1 Å². The molecule has 88 valence electrons. The second-order valence-electron chi connectivity index (χ2n) is 3.59. The summed E-state index contributed by atoms with van der Waals surface area (Å²) in [6, 6.07) is 6.53. The molecule has 0 bridgehead atoms. The van der Waals surface area contributed by atoms with Crippen molar-refractivity contribution in [3.63, 3.8) is 0 Å². The maximum atomic E-state index is 11.8. The Bertz CT molecular complexity index is 508. The predicted octanol–water partition coefficient (Wildman–Crippen LogP) is 1.08. The van der Waals surface area contributed by atoms with Crippen molar-refractivity contribution in [1.82, 2.24) is 4.90 Å². The lowest BCUT2D eigenvalue weighted by Crippen LogP contribution is -2.31.